The van der Waals surface area contributed by atoms with Crippen molar-refractivity contribution in [3.05, 3.63) is 34.1 Å². The standard InChI is InChI=1S/C13H14BrClN2O/c1-3-4-11(15)12-16-13(18-17-12)9-6-5-8(2)10(14)7-9/h5-7,11H,3-4H2,1-2H3. The third kappa shape index (κ3) is 2.93. The Labute approximate surface area is 120 Å². The first-order valence-electron chi connectivity index (χ1n) is 5.86. The second-order valence-corrected chi connectivity index (χ2v) is 5.56. The predicted molar refractivity (Wildman–Crippen MR) is 75.7 cm³/mol. The van der Waals surface area contributed by atoms with E-state index in [4.69, 9.17) is 16.1 Å². The van der Waals surface area contributed by atoms with E-state index in [0.29, 0.717) is 11.7 Å². The SMILES string of the molecule is CCCC(Cl)c1noc(-c2ccc(C)c(Br)c2)n1. The van der Waals surface area contributed by atoms with Crippen molar-refractivity contribution in [2.75, 3.05) is 0 Å². The molecule has 0 bridgehead atoms. The fourth-order valence-corrected chi connectivity index (χ4v) is 2.27. The van der Waals surface area contributed by atoms with Crippen LogP contribution in [0.2, 0.25) is 0 Å². The molecule has 1 heterocycles. The first kappa shape index (κ1) is 13.6. The zero-order valence-electron chi connectivity index (χ0n) is 10.3. The third-order valence-corrected chi connectivity index (χ3v) is 3.95. The minimum atomic E-state index is -0.179. The van der Waals surface area contributed by atoms with Crippen LogP contribution in [0.1, 0.15) is 36.5 Å². The molecule has 0 aliphatic heterocycles. The quantitative estimate of drug-likeness (QED) is 0.750. The van der Waals surface area contributed by atoms with Gasteiger partial charge in [0.05, 0.1) is 5.38 Å². The summed E-state index contributed by atoms with van der Waals surface area (Å²) in [5, 5.41) is 3.75. The van der Waals surface area contributed by atoms with Crippen molar-refractivity contribution in [3.63, 3.8) is 0 Å². The van der Waals surface area contributed by atoms with Crippen molar-refractivity contribution in [2.24, 2.45) is 0 Å². The van der Waals surface area contributed by atoms with Crippen LogP contribution in [-0.4, -0.2) is 10.1 Å². The highest BCUT2D eigenvalue weighted by Crippen LogP contribution is 2.28. The van der Waals surface area contributed by atoms with Gasteiger partial charge in [-0.25, -0.2) is 0 Å². The second-order valence-electron chi connectivity index (χ2n) is 4.18. The largest absolute Gasteiger partial charge is 0.334 e. The number of benzene rings is 1. The van der Waals surface area contributed by atoms with E-state index in [1.54, 1.807) is 0 Å². The Balaban J connectivity index is 2.26. The molecule has 0 fully saturated rings. The van der Waals surface area contributed by atoms with Crippen LogP contribution in [-0.2, 0) is 0 Å². The lowest BCUT2D eigenvalue weighted by atomic mass is 10.1. The van der Waals surface area contributed by atoms with Crippen LogP contribution in [0.5, 0.6) is 0 Å². The molecule has 0 saturated carbocycles. The Morgan fingerprint density at radius 3 is 2.89 bits per heavy atom. The summed E-state index contributed by atoms with van der Waals surface area (Å²) in [5.41, 5.74) is 2.06. The molecule has 0 amide bonds. The summed E-state index contributed by atoms with van der Waals surface area (Å²) >= 11 is 9.66. The van der Waals surface area contributed by atoms with Gasteiger partial charge in [-0.2, -0.15) is 4.98 Å². The fraction of sp³-hybridized carbons (Fsp3) is 0.385. The number of aromatic nitrogens is 2. The summed E-state index contributed by atoms with van der Waals surface area (Å²) in [5.74, 6) is 1.07. The predicted octanol–water partition coefficient (Wildman–Crippen LogP) is 4.89. The molecule has 5 heteroatoms. The first-order chi connectivity index (χ1) is 8.61. The molecule has 0 N–H and O–H groups in total. The summed E-state index contributed by atoms with van der Waals surface area (Å²) in [6.07, 6.45) is 1.84. The van der Waals surface area contributed by atoms with Gasteiger partial charge in [0, 0.05) is 10.0 Å². The average molecular weight is 330 g/mol. The molecule has 0 saturated heterocycles. The van der Waals surface area contributed by atoms with Gasteiger partial charge in [0.1, 0.15) is 0 Å². The molecule has 18 heavy (non-hydrogen) atoms. The summed E-state index contributed by atoms with van der Waals surface area (Å²) in [4.78, 5) is 4.34. The monoisotopic (exact) mass is 328 g/mol. The summed E-state index contributed by atoms with van der Waals surface area (Å²) in [6.45, 7) is 4.11. The van der Waals surface area contributed by atoms with E-state index >= 15 is 0 Å². The maximum Gasteiger partial charge on any atom is 0.258 e. The molecule has 1 aromatic carbocycles. The zero-order valence-corrected chi connectivity index (χ0v) is 12.6. The van der Waals surface area contributed by atoms with E-state index in [1.165, 1.54) is 5.56 Å². The lowest BCUT2D eigenvalue weighted by molar-refractivity contribution is 0.420. The maximum absolute atomic E-state index is 6.17. The number of hydrogen-bond acceptors (Lipinski definition) is 3. The van der Waals surface area contributed by atoms with Gasteiger partial charge < -0.3 is 4.52 Å². The molecule has 1 aromatic heterocycles. The molecule has 2 aromatic rings. The number of halogens is 2. The lowest BCUT2D eigenvalue weighted by Gasteiger charge is -2.00. The van der Waals surface area contributed by atoms with Crippen molar-refractivity contribution in [3.8, 4) is 11.5 Å². The molecule has 0 aliphatic carbocycles. The summed E-state index contributed by atoms with van der Waals surface area (Å²) in [7, 11) is 0. The highest BCUT2D eigenvalue weighted by molar-refractivity contribution is 9.10. The van der Waals surface area contributed by atoms with Gasteiger partial charge in [-0.3, -0.25) is 0 Å². The Morgan fingerprint density at radius 2 is 2.22 bits per heavy atom. The molecular formula is C13H14BrClN2O. The Morgan fingerprint density at radius 1 is 1.44 bits per heavy atom. The van der Waals surface area contributed by atoms with Gasteiger partial charge in [0.25, 0.3) is 5.89 Å². The molecule has 96 valence electrons. The van der Waals surface area contributed by atoms with Crippen molar-refractivity contribution in [1.82, 2.24) is 10.1 Å². The molecule has 0 spiro atoms. The maximum atomic E-state index is 6.17. The Hall–Kier alpha value is -0.870. The summed E-state index contributed by atoms with van der Waals surface area (Å²) in [6, 6.07) is 5.93. The summed E-state index contributed by atoms with van der Waals surface area (Å²) < 4.78 is 6.27. The van der Waals surface area contributed by atoms with Crippen LogP contribution in [0.15, 0.2) is 27.2 Å². The lowest BCUT2D eigenvalue weighted by Crippen LogP contribution is -1.92. The smallest absolute Gasteiger partial charge is 0.258 e. The minimum absolute atomic E-state index is 0.179. The van der Waals surface area contributed by atoms with E-state index in [0.717, 1.165) is 22.9 Å². The van der Waals surface area contributed by atoms with E-state index in [1.807, 2.05) is 25.1 Å². The van der Waals surface area contributed by atoms with Crippen LogP contribution in [0.4, 0.5) is 0 Å². The van der Waals surface area contributed by atoms with E-state index in [9.17, 15) is 0 Å². The van der Waals surface area contributed by atoms with Gasteiger partial charge in [0.2, 0.25) is 0 Å². The molecule has 3 nitrogen and oxygen atoms in total. The van der Waals surface area contributed by atoms with Crippen molar-refractivity contribution in [2.45, 2.75) is 32.1 Å². The minimum Gasteiger partial charge on any atom is -0.334 e. The Bertz CT molecular complexity index is 542. The molecular weight excluding hydrogens is 316 g/mol. The van der Waals surface area contributed by atoms with Gasteiger partial charge in [0.15, 0.2) is 5.82 Å². The first-order valence-corrected chi connectivity index (χ1v) is 7.09. The van der Waals surface area contributed by atoms with Crippen molar-refractivity contribution >= 4 is 27.5 Å². The third-order valence-electron chi connectivity index (χ3n) is 2.68. The zero-order chi connectivity index (χ0) is 13.1. The average Bonchev–Trinajstić information content (AvgIpc) is 2.82. The topological polar surface area (TPSA) is 38.9 Å². The van der Waals surface area contributed by atoms with E-state index in [-0.39, 0.29) is 5.38 Å². The number of alkyl halides is 1. The molecule has 0 aliphatic rings. The van der Waals surface area contributed by atoms with Crippen molar-refractivity contribution in [1.29, 1.82) is 0 Å². The van der Waals surface area contributed by atoms with E-state index in [2.05, 4.69) is 33.0 Å². The van der Waals surface area contributed by atoms with Crippen LogP contribution in [0.3, 0.4) is 0 Å². The van der Waals surface area contributed by atoms with E-state index < -0.39 is 0 Å². The van der Waals surface area contributed by atoms with Crippen molar-refractivity contribution < 1.29 is 4.52 Å². The molecule has 0 radical (unpaired) electrons. The second kappa shape index (κ2) is 5.85. The fourth-order valence-electron chi connectivity index (χ4n) is 1.59. The number of rotatable bonds is 4. The number of hydrogen-bond donors (Lipinski definition) is 0. The number of aryl methyl sites for hydroxylation is 1. The highest BCUT2D eigenvalue weighted by atomic mass is 79.9. The van der Waals surface area contributed by atoms with Gasteiger partial charge in [-0.05, 0) is 31.0 Å². The van der Waals surface area contributed by atoms with Gasteiger partial charge in [-0.1, -0.05) is 40.5 Å². The molecule has 1 atom stereocenters. The van der Waals surface area contributed by atoms with Crippen LogP contribution in [0, 0.1) is 6.92 Å². The Kier molecular flexibility index (Phi) is 4.40. The molecule has 2 rings (SSSR count). The van der Waals surface area contributed by atoms with Gasteiger partial charge in [-0.15, -0.1) is 11.6 Å². The normalized spacial score (nSPS) is 12.7. The van der Waals surface area contributed by atoms with Gasteiger partial charge >= 0.3 is 0 Å². The number of nitrogens with zero attached hydrogens (tertiary/aromatic N) is 2. The van der Waals surface area contributed by atoms with Crippen LogP contribution in [0.25, 0.3) is 11.5 Å². The highest BCUT2D eigenvalue weighted by Gasteiger charge is 2.16. The molecule has 1 unspecified atom stereocenters. The van der Waals surface area contributed by atoms with Crippen LogP contribution >= 0.6 is 27.5 Å². The van der Waals surface area contributed by atoms with Crippen LogP contribution < -0.4 is 0 Å².